The minimum atomic E-state index is -0.197. The predicted octanol–water partition coefficient (Wildman–Crippen LogP) is 2.36. The van der Waals surface area contributed by atoms with Gasteiger partial charge >= 0.3 is 0 Å². The third kappa shape index (κ3) is 4.17. The lowest BCUT2D eigenvalue weighted by molar-refractivity contribution is -0.124. The Hall–Kier alpha value is -2.86. The zero-order chi connectivity index (χ0) is 19.5. The van der Waals surface area contributed by atoms with Crippen LogP contribution in [-0.4, -0.2) is 49.5 Å². The highest BCUT2D eigenvalue weighted by Gasteiger charge is 2.33. The fourth-order valence-electron chi connectivity index (χ4n) is 3.53. The van der Waals surface area contributed by atoms with E-state index >= 15 is 0 Å². The molecule has 2 aromatic carbocycles. The van der Waals surface area contributed by atoms with Crippen molar-refractivity contribution in [3.05, 3.63) is 60.2 Å². The normalized spacial score (nSPS) is 18.4. The van der Waals surface area contributed by atoms with E-state index in [1.807, 2.05) is 59.5 Å². The first-order chi connectivity index (χ1) is 13.6. The smallest absolute Gasteiger partial charge is 0.241 e. The number of para-hydroxylation sites is 2. The van der Waals surface area contributed by atoms with E-state index in [0.29, 0.717) is 18.4 Å². The minimum Gasteiger partial charge on any atom is -0.489 e. The Kier molecular flexibility index (Phi) is 5.30. The van der Waals surface area contributed by atoms with E-state index in [9.17, 15) is 9.59 Å². The first kappa shape index (κ1) is 18.5. The summed E-state index contributed by atoms with van der Waals surface area (Å²) in [4.78, 5) is 28.9. The van der Waals surface area contributed by atoms with Gasteiger partial charge in [-0.1, -0.05) is 42.5 Å². The summed E-state index contributed by atoms with van der Waals surface area (Å²) in [6.07, 6.45) is 2.11. The second kappa shape index (κ2) is 8.02. The van der Waals surface area contributed by atoms with Gasteiger partial charge in [-0.05, 0) is 37.6 Å². The third-order valence-corrected chi connectivity index (χ3v) is 5.05. The number of nitrogens with one attached hydrogen (secondary N) is 1. The van der Waals surface area contributed by atoms with Crippen LogP contribution in [0, 0.1) is 0 Å². The Labute approximate surface area is 165 Å². The molecule has 28 heavy (non-hydrogen) atoms. The van der Waals surface area contributed by atoms with Crippen LogP contribution in [0.1, 0.15) is 24.4 Å². The zero-order valence-electron chi connectivity index (χ0n) is 16.0. The maximum absolute atomic E-state index is 13.3. The largest absolute Gasteiger partial charge is 0.489 e. The van der Waals surface area contributed by atoms with Gasteiger partial charge in [-0.2, -0.15) is 0 Å². The highest BCUT2D eigenvalue weighted by Crippen LogP contribution is 2.39. The first-order valence-electron chi connectivity index (χ1n) is 9.68. The molecule has 0 saturated heterocycles. The van der Waals surface area contributed by atoms with Crippen LogP contribution in [0.3, 0.4) is 0 Å². The van der Waals surface area contributed by atoms with E-state index in [4.69, 9.17) is 4.74 Å². The molecule has 1 fully saturated rings. The average Bonchev–Trinajstić information content (AvgIpc) is 3.51. The van der Waals surface area contributed by atoms with Crippen LogP contribution in [0.4, 0.5) is 5.69 Å². The van der Waals surface area contributed by atoms with E-state index in [0.717, 1.165) is 24.1 Å². The summed E-state index contributed by atoms with van der Waals surface area (Å²) in [6, 6.07) is 17.6. The summed E-state index contributed by atoms with van der Waals surface area (Å²) in [5.41, 5.74) is 1.79. The minimum absolute atomic E-state index is 0.0280. The molecule has 0 aromatic heterocycles. The van der Waals surface area contributed by atoms with Gasteiger partial charge in [0.05, 0.1) is 24.8 Å². The number of hydrogen-bond donors (Lipinski definition) is 1. The number of ether oxygens (including phenoxy) is 1. The van der Waals surface area contributed by atoms with Crippen LogP contribution < -0.4 is 15.0 Å². The molecule has 1 N–H and O–H groups in total. The number of nitrogens with zero attached hydrogens (tertiary/aromatic N) is 2. The van der Waals surface area contributed by atoms with Crippen LogP contribution in [0.2, 0.25) is 0 Å². The molecule has 0 unspecified atom stereocenters. The van der Waals surface area contributed by atoms with Crippen molar-refractivity contribution in [1.29, 1.82) is 0 Å². The first-order valence-corrected chi connectivity index (χ1v) is 9.68. The number of anilines is 1. The van der Waals surface area contributed by atoms with Crippen molar-refractivity contribution in [2.45, 2.75) is 24.9 Å². The van der Waals surface area contributed by atoms with Crippen LogP contribution >= 0.6 is 0 Å². The fourth-order valence-corrected chi connectivity index (χ4v) is 3.53. The number of fused-ring (bicyclic) bond motifs is 1. The summed E-state index contributed by atoms with van der Waals surface area (Å²) in [6.45, 7) is 0.776. The highest BCUT2D eigenvalue weighted by molar-refractivity contribution is 5.97. The zero-order valence-corrected chi connectivity index (χ0v) is 16.0. The highest BCUT2D eigenvalue weighted by atomic mass is 16.5. The Morgan fingerprint density at radius 3 is 2.54 bits per heavy atom. The Morgan fingerprint density at radius 2 is 1.79 bits per heavy atom. The topological polar surface area (TPSA) is 61.9 Å². The van der Waals surface area contributed by atoms with Crippen molar-refractivity contribution in [3.63, 3.8) is 0 Å². The predicted molar refractivity (Wildman–Crippen MR) is 107 cm³/mol. The van der Waals surface area contributed by atoms with E-state index in [-0.39, 0.29) is 30.9 Å². The molecule has 6 heteroatoms. The monoisotopic (exact) mass is 379 g/mol. The maximum atomic E-state index is 13.3. The van der Waals surface area contributed by atoms with Crippen molar-refractivity contribution in [2.75, 3.05) is 31.6 Å². The quantitative estimate of drug-likeness (QED) is 0.837. The van der Waals surface area contributed by atoms with E-state index in [1.54, 1.807) is 11.9 Å². The summed E-state index contributed by atoms with van der Waals surface area (Å²) < 4.78 is 5.92. The van der Waals surface area contributed by atoms with Gasteiger partial charge < -0.3 is 10.1 Å². The van der Waals surface area contributed by atoms with Crippen molar-refractivity contribution >= 4 is 17.5 Å². The molecule has 2 amide bonds. The van der Waals surface area contributed by atoms with Crippen molar-refractivity contribution in [3.8, 4) is 5.75 Å². The molecule has 1 atom stereocenters. The number of carbonyl (C=O) groups excluding carboxylic acids is 2. The second-order valence-corrected chi connectivity index (χ2v) is 7.48. The average molecular weight is 379 g/mol. The van der Waals surface area contributed by atoms with Crippen molar-refractivity contribution < 1.29 is 14.3 Å². The number of rotatable bonds is 6. The van der Waals surface area contributed by atoms with Gasteiger partial charge in [0.2, 0.25) is 11.8 Å². The summed E-state index contributed by atoms with van der Waals surface area (Å²) in [7, 11) is 1.80. The number of carbonyl (C=O) groups is 2. The lowest BCUT2D eigenvalue weighted by Crippen LogP contribution is -2.47. The van der Waals surface area contributed by atoms with Crippen molar-refractivity contribution in [2.24, 2.45) is 0 Å². The third-order valence-electron chi connectivity index (χ3n) is 5.05. The van der Waals surface area contributed by atoms with Crippen molar-refractivity contribution in [1.82, 2.24) is 10.2 Å². The van der Waals surface area contributed by atoms with Crippen LogP contribution in [0.15, 0.2) is 54.6 Å². The second-order valence-electron chi connectivity index (χ2n) is 7.48. The lowest BCUT2D eigenvalue weighted by atomic mass is 10.0. The molecule has 0 radical (unpaired) electrons. The molecular weight excluding hydrogens is 354 g/mol. The van der Waals surface area contributed by atoms with E-state index in [2.05, 4.69) is 5.32 Å². The molecule has 0 spiro atoms. The van der Waals surface area contributed by atoms with Gasteiger partial charge in [-0.15, -0.1) is 0 Å². The summed E-state index contributed by atoms with van der Waals surface area (Å²) in [5, 5.41) is 2.96. The van der Waals surface area contributed by atoms with Gasteiger partial charge in [0, 0.05) is 6.04 Å². The number of benzene rings is 2. The van der Waals surface area contributed by atoms with Gasteiger partial charge in [0.15, 0.2) is 0 Å². The molecule has 1 heterocycles. The Balaban J connectivity index is 1.52. The van der Waals surface area contributed by atoms with Gasteiger partial charge in [0.1, 0.15) is 12.4 Å². The van der Waals surface area contributed by atoms with Gasteiger partial charge in [0.25, 0.3) is 0 Å². The van der Waals surface area contributed by atoms with E-state index in [1.165, 1.54) is 0 Å². The van der Waals surface area contributed by atoms with Crippen LogP contribution in [0.25, 0.3) is 0 Å². The number of likely N-dealkylation sites (N-methyl/N-ethyl adjacent to an activating group) is 1. The Morgan fingerprint density at radius 1 is 1.07 bits per heavy atom. The molecule has 146 valence electrons. The van der Waals surface area contributed by atoms with Crippen LogP contribution in [0.5, 0.6) is 5.75 Å². The molecule has 6 nitrogen and oxygen atoms in total. The number of hydrogen-bond acceptors (Lipinski definition) is 4. The van der Waals surface area contributed by atoms with Gasteiger partial charge in [-0.25, -0.2) is 0 Å². The number of amides is 2. The SMILES string of the molecule is CN(CC(=O)NC1CC1)CC(=O)N1c2ccccc2OC[C@@H]1c1ccccc1. The Bertz CT molecular complexity index is 851. The summed E-state index contributed by atoms with van der Waals surface area (Å²) >= 11 is 0. The van der Waals surface area contributed by atoms with Gasteiger partial charge in [-0.3, -0.25) is 19.4 Å². The molecule has 1 aliphatic carbocycles. The lowest BCUT2D eigenvalue weighted by Gasteiger charge is -2.38. The van der Waals surface area contributed by atoms with E-state index < -0.39 is 0 Å². The molecule has 2 aliphatic rings. The molecule has 2 aromatic rings. The molecule has 0 bridgehead atoms. The standard InChI is InChI=1S/C22H25N3O3/c1-24(13-21(26)23-17-11-12-17)14-22(27)25-18-9-5-6-10-20(18)28-15-19(25)16-7-3-2-4-8-16/h2-10,17,19H,11-15H2,1H3,(H,23,26)/t19-/m1/s1. The fraction of sp³-hybridized carbons (Fsp3) is 0.364. The summed E-state index contributed by atoms with van der Waals surface area (Å²) in [5.74, 6) is 0.628. The van der Waals surface area contributed by atoms with Crippen LogP contribution in [-0.2, 0) is 9.59 Å². The maximum Gasteiger partial charge on any atom is 0.241 e. The molecule has 1 saturated carbocycles. The molecule has 1 aliphatic heterocycles. The molecule has 4 rings (SSSR count). The molecular formula is C22H25N3O3.